The van der Waals surface area contributed by atoms with Crippen LogP contribution in [0.3, 0.4) is 0 Å². The highest BCUT2D eigenvalue weighted by Crippen LogP contribution is 2.34. The van der Waals surface area contributed by atoms with Crippen molar-refractivity contribution >= 4 is 45.8 Å². The molecule has 0 fully saturated rings. The molecule has 2 nitrogen and oxygen atoms in total. The zero-order valence-electron chi connectivity index (χ0n) is 11.4. The van der Waals surface area contributed by atoms with Crippen molar-refractivity contribution in [2.24, 2.45) is 0 Å². The molecule has 0 bridgehead atoms. The van der Waals surface area contributed by atoms with E-state index in [0.29, 0.717) is 20.9 Å². The fourth-order valence-electron chi connectivity index (χ4n) is 2.14. The highest BCUT2D eigenvalue weighted by atomic mass is 35.5. The van der Waals surface area contributed by atoms with Gasteiger partial charge in [0.25, 0.3) is 0 Å². The Morgan fingerprint density at radius 1 is 0.810 bits per heavy atom. The van der Waals surface area contributed by atoms with E-state index in [1.165, 1.54) is 0 Å². The lowest BCUT2D eigenvalue weighted by Crippen LogP contribution is -1.94. The van der Waals surface area contributed by atoms with Gasteiger partial charge in [0.15, 0.2) is 5.15 Å². The molecule has 0 aliphatic carbocycles. The lowest BCUT2D eigenvalue weighted by atomic mass is 10.1. The molecule has 2 aromatic carbocycles. The maximum absolute atomic E-state index is 6.28. The average Bonchev–Trinajstić information content (AvgIpc) is 2.41. The first kappa shape index (κ1) is 14.6. The zero-order chi connectivity index (χ0) is 15.1. The molecule has 0 aliphatic rings. The molecule has 5 heteroatoms. The van der Waals surface area contributed by atoms with Crippen LogP contribution in [0.4, 0.5) is 0 Å². The fourth-order valence-corrected chi connectivity index (χ4v) is 2.88. The number of hydrogen-bond acceptors (Lipinski definition) is 2. The summed E-state index contributed by atoms with van der Waals surface area (Å²) in [6.07, 6.45) is 0. The van der Waals surface area contributed by atoms with Crippen LogP contribution in [0.15, 0.2) is 30.3 Å². The summed E-state index contributed by atoms with van der Waals surface area (Å²) in [5.74, 6) is 0. The Balaban J connectivity index is 2.27. The Bertz CT molecular complexity index is 860. The smallest absolute Gasteiger partial charge is 0.156 e. The minimum atomic E-state index is 0.329. The summed E-state index contributed by atoms with van der Waals surface area (Å²) in [7, 11) is 0. The van der Waals surface area contributed by atoms with Crippen molar-refractivity contribution in [3.63, 3.8) is 0 Å². The highest BCUT2D eigenvalue weighted by molar-refractivity contribution is 6.37. The normalized spacial score (nSPS) is 11.1. The Kier molecular flexibility index (Phi) is 3.78. The van der Waals surface area contributed by atoms with Crippen LogP contribution in [0, 0.1) is 13.8 Å². The average molecular weight is 338 g/mol. The van der Waals surface area contributed by atoms with E-state index in [4.69, 9.17) is 34.8 Å². The first-order chi connectivity index (χ1) is 9.95. The van der Waals surface area contributed by atoms with E-state index in [-0.39, 0.29) is 0 Å². The number of hydrogen-bond donors (Lipinski definition) is 0. The summed E-state index contributed by atoms with van der Waals surface area (Å²) >= 11 is 18.4. The third kappa shape index (κ3) is 2.71. The summed E-state index contributed by atoms with van der Waals surface area (Å²) in [5, 5.41) is 1.40. The minimum absolute atomic E-state index is 0.329. The molecule has 0 saturated heterocycles. The van der Waals surface area contributed by atoms with Crippen LogP contribution < -0.4 is 0 Å². The van der Waals surface area contributed by atoms with E-state index in [0.717, 1.165) is 27.7 Å². The van der Waals surface area contributed by atoms with Crippen molar-refractivity contribution in [3.05, 3.63) is 56.7 Å². The van der Waals surface area contributed by atoms with E-state index in [1.807, 2.05) is 26.0 Å². The lowest BCUT2D eigenvalue weighted by Gasteiger charge is -2.09. The second-order valence-electron chi connectivity index (χ2n) is 4.91. The molecule has 21 heavy (non-hydrogen) atoms. The number of fused-ring (bicyclic) bond motifs is 1. The van der Waals surface area contributed by atoms with Gasteiger partial charge in [0.1, 0.15) is 5.69 Å². The van der Waals surface area contributed by atoms with Gasteiger partial charge in [-0.2, -0.15) is 0 Å². The maximum atomic E-state index is 6.28. The molecule has 0 unspecified atom stereocenters. The van der Waals surface area contributed by atoms with Gasteiger partial charge in [-0.25, -0.2) is 9.97 Å². The number of halogens is 3. The molecule has 0 spiro atoms. The highest BCUT2D eigenvalue weighted by Gasteiger charge is 2.13. The topological polar surface area (TPSA) is 25.8 Å². The number of aromatic nitrogens is 2. The van der Waals surface area contributed by atoms with Gasteiger partial charge in [-0.05, 0) is 55.3 Å². The van der Waals surface area contributed by atoms with Gasteiger partial charge in [0.05, 0.1) is 16.1 Å². The van der Waals surface area contributed by atoms with Crippen LogP contribution in [-0.2, 0) is 0 Å². The molecular weight excluding hydrogens is 327 g/mol. The van der Waals surface area contributed by atoms with E-state index in [9.17, 15) is 0 Å². The van der Waals surface area contributed by atoms with Gasteiger partial charge in [0, 0.05) is 10.6 Å². The van der Waals surface area contributed by atoms with Crippen LogP contribution in [0.25, 0.3) is 22.3 Å². The molecule has 0 amide bonds. The summed E-state index contributed by atoms with van der Waals surface area (Å²) in [6.45, 7) is 4.08. The Labute approximate surface area is 137 Å². The maximum Gasteiger partial charge on any atom is 0.156 e. The standard InChI is InChI=1S/C16H11Cl3N2/c1-8-5-13-14(6-9(8)2)21-16(19)15(20-13)11-4-3-10(17)7-12(11)18/h3-7H,1-2H3. The minimum Gasteiger partial charge on any atom is -0.243 e. The molecule has 0 atom stereocenters. The third-order valence-corrected chi connectivity index (χ3v) is 4.23. The molecular formula is C16H11Cl3N2. The van der Waals surface area contributed by atoms with Gasteiger partial charge in [-0.3, -0.25) is 0 Å². The largest absolute Gasteiger partial charge is 0.243 e. The Hall–Kier alpha value is -1.35. The molecule has 0 saturated carbocycles. The van der Waals surface area contributed by atoms with Crippen LogP contribution in [-0.4, -0.2) is 9.97 Å². The predicted octanol–water partition coefficient (Wildman–Crippen LogP) is 5.87. The van der Waals surface area contributed by atoms with Crippen LogP contribution in [0.5, 0.6) is 0 Å². The van der Waals surface area contributed by atoms with Gasteiger partial charge in [0.2, 0.25) is 0 Å². The van der Waals surface area contributed by atoms with Gasteiger partial charge in [-0.1, -0.05) is 34.8 Å². The first-order valence-corrected chi connectivity index (χ1v) is 7.49. The summed E-state index contributed by atoms with van der Waals surface area (Å²) in [5.41, 5.74) is 5.17. The second-order valence-corrected chi connectivity index (χ2v) is 6.11. The number of aryl methyl sites for hydroxylation is 2. The van der Waals surface area contributed by atoms with Crippen molar-refractivity contribution in [3.8, 4) is 11.3 Å². The molecule has 1 aromatic heterocycles. The van der Waals surface area contributed by atoms with Crippen molar-refractivity contribution in [2.45, 2.75) is 13.8 Å². The quantitative estimate of drug-likeness (QED) is 0.554. The second kappa shape index (κ2) is 5.45. The Morgan fingerprint density at radius 2 is 1.43 bits per heavy atom. The van der Waals surface area contributed by atoms with Crippen LogP contribution in [0.1, 0.15) is 11.1 Å². The first-order valence-electron chi connectivity index (χ1n) is 6.35. The predicted molar refractivity (Wildman–Crippen MR) is 89.5 cm³/mol. The lowest BCUT2D eigenvalue weighted by molar-refractivity contribution is 1.26. The van der Waals surface area contributed by atoms with E-state index < -0.39 is 0 Å². The Morgan fingerprint density at radius 3 is 2.05 bits per heavy atom. The monoisotopic (exact) mass is 336 g/mol. The van der Waals surface area contributed by atoms with Crippen LogP contribution >= 0.6 is 34.8 Å². The van der Waals surface area contributed by atoms with Gasteiger partial charge < -0.3 is 0 Å². The SMILES string of the molecule is Cc1cc2nc(Cl)c(-c3ccc(Cl)cc3Cl)nc2cc1C. The van der Waals surface area contributed by atoms with E-state index in [2.05, 4.69) is 9.97 Å². The number of rotatable bonds is 1. The summed E-state index contributed by atoms with van der Waals surface area (Å²) in [6, 6.07) is 9.21. The molecule has 0 radical (unpaired) electrons. The van der Waals surface area contributed by atoms with E-state index in [1.54, 1.807) is 18.2 Å². The molecule has 1 heterocycles. The molecule has 0 aliphatic heterocycles. The van der Waals surface area contributed by atoms with Crippen LogP contribution in [0.2, 0.25) is 15.2 Å². The van der Waals surface area contributed by atoms with Crippen molar-refractivity contribution in [1.29, 1.82) is 0 Å². The molecule has 106 valence electrons. The van der Waals surface area contributed by atoms with E-state index >= 15 is 0 Å². The van der Waals surface area contributed by atoms with Crippen molar-refractivity contribution in [1.82, 2.24) is 9.97 Å². The van der Waals surface area contributed by atoms with Gasteiger partial charge in [-0.15, -0.1) is 0 Å². The summed E-state index contributed by atoms with van der Waals surface area (Å²) < 4.78 is 0. The molecule has 3 aromatic rings. The van der Waals surface area contributed by atoms with Crippen molar-refractivity contribution in [2.75, 3.05) is 0 Å². The van der Waals surface area contributed by atoms with Gasteiger partial charge >= 0.3 is 0 Å². The number of benzene rings is 2. The van der Waals surface area contributed by atoms with Crippen molar-refractivity contribution < 1.29 is 0 Å². The summed E-state index contributed by atoms with van der Waals surface area (Å²) in [4.78, 5) is 9.04. The molecule has 3 rings (SSSR count). The number of nitrogens with zero attached hydrogens (tertiary/aromatic N) is 2. The fraction of sp³-hybridized carbons (Fsp3) is 0.125. The molecule has 0 N–H and O–H groups in total. The third-order valence-electron chi connectivity index (χ3n) is 3.42. The zero-order valence-corrected chi connectivity index (χ0v) is 13.7.